The Morgan fingerprint density at radius 2 is 2.00 bits per heavy atom. The van der Waals surface area contributed by atoms with Gasteiger partial charge >= 0.3 is 0 Å². The fourth-order valence-corrected chi connectivity index (χ4v) is 2.29. The van der Waals surface area contributed by atoms with Gasteiger partial charge in [-0.15, -0.1) is 0 Å². The monoisotopic (exact) mass is 289 g/mol. The number of pyridine rings is 1. The molecule has 106 valence electrons. The lowest BCUT2D eigenvalue weighted by molar-refractivity contribution is 0.529. The van der Waals surface area contributed by atoms with E-state index in [0.717, 1.165) is 30.0 Å². The predicted molar refractivity (Wildman–Crippen MR) is 84.8 cm³/mol. The lowest BCUT2D eigenvalue weighted by atomic mass is 9.99. The number of anilines is 1. The largest absolute Gasteiger partial charge is 0.383 e. The second kappa shape index (κ2) is 7.27. The van der Waals surface area contributed by atoms with E-state index in [0.29, 0.717) is 5.82 Å². The molecule has 0 amide bonds. The highest BCUT2D eigenvalue weighted by Crippen LogP contribution is 2.22. The second-order valence-corrected chi connectivity index (χ2v) is 5.25. The number of benzene rings is 1. The Kier molecular flexibility index (Phi) is 5.39. The molecule has 0 saturated heterocycles. The van der Waals surface area contributed by atoms with E-state index in [9.17, 15) is 0 Å². The third-order valence-electron chi connectivity index (χ3n) is 3.26. The van der Waals surface area contributed by atoms with Crippen molar-refractivity contribution in [1.82, 2.24) is 10.3 Å². The quantitative estimate of drug-likeness (QED) is 0.854. The molecule has 2 rings (SSSR count). The molecule has 0 aliphatic heterocycles. The summed E-state index contributed by atoms with van der Waals surface area (Å²) in [6.07, 6.45) is 3.63. The number of halogens is 1. The fraction of sp³-hybridized carbons (Fsp3) is 0.312. The van der Waals surface area contributed by atoms with Gasteiger partial charge in [-0.1, -0.05) is 36.7 Å². The maximum absolute atomic E-state index is 5.96. The SMILES string of the molecule is CCCNC(Cc1cccnc1N)c1ccc(Cl)cc1. The van der Waals surface area contributed by atoms with Crippen LogP contribution in [-0.4, -0.2) is 11.5 Å². The number of rotatable bonds is 6. The molecule has 0 aliphatic carbocycles. The standard InChI is InChI=1S/C16H20ClN3/c1-2-9-19-15(12-5-7-14(17)8-6-12)11-13-4-3-10-20-16(13)18/h3-8,10,15,19H,2,9,11H2,1H3,(H2,18,20). The zero-order valence-corrected chi connectivity index (χ0v) is 12.4. The highest BCUT2D eigenvalue weighted by molar-refractivity contribution is 6.30. The number of hydrogen-bond acceptors (Lipinski definition) is 3. The molecule has 0 fully saturated rings. The Balaban J connectivity index is 2.19. The smallest absolute Gasteiger partial charge is 0.126 e. The molecule has 3 N–H and O–H groups in total. The van der Waals surface area contributed by atoms with Crippen molar-refractivity contribution in [1.29, 1.82) is 0 Å². The van der Waals surface area contributed by atoms with Crippen LogP contribution in [0, 0.1) is 0 Å². The lowest BCUT2D eigenvalue weighted by Crippen LogP contribution is -2.24. The summed E-state index contributed by atoms with van der Waals surface area (Å²) >= 11 is 5.96. The minimum absolute atomic E-state index is 0.221. The van der Waals surface area contributed by atoms with Gasteiger partial charge in [-0.2, -0.15) is 0 Å². The Bertz CT molecular complexity index is 540. The van der Waals surface area contributed by atoms with Crippen LogP contribution in [0.4, 0.5) is 5.82 Å². The predicted octanol–water partition coefficient (Wildman–Crippen LogP) is 3.60. The zero-order chi connectivity index (χ0) is 14.4. The van der Waals surface area contributed by atoms with Crippen LogP contribution in [0.25, 0.3) is 0 Å². The third kappa shape index (κ3) is 3.95. The Morgan fingerprint density at radius 3 is 2.65 bits per heavy atom. The van der Waals surface area contributed by atoms with Crippen molar-refractivity contribution in [3.05, 3.63) is 58.7 Å². The van der Waals surface area contributed by atoms with Crippen molar-refractivity contribution < 1.29 is 0 Å². The van der Waals surface area contributed by atoms with Gasteiger partial charge in [-0.25, -0.2) is 4.98 Å². The van der Waals surface area contributed by atoms with E-state index < -0.39 is 0 Å². The van der Waals surface area contributed by atoms with E-state index in [4.69, 9.17) is 17.3 Å². The molecule has 0 bridgehead atoms. The van der Waals surface area contributed by atoms with Crippen molar-refractivity contribution in [3.63, 3.8) is 0 Å². The van der Waals surface area contributed by atoms with Crippen LogP contribution >= 0.6 is 11.6 Å². The maximum Gasteiger partial charge on any atom is 0.126 e. The first-order chi connectivity index (χ1) is 9.70. The van der Waals surface area contributed by atoms with Gasteiger partial charge < -0.3 is 11.1 Å². The van der Waals surface area contributed by atoms with Crippen LogP contribution in [0.2, 0.25) is 5.02 Å². The summed E-state index contributed by atoms with van der Waals surface area (Å²) in [7, 11) is 0. The summed E-state index contributed by atoms with van der Waals surface area (Å²) in [6, 6.07) is 12.1. The van der Waals surface area contributed by atoms with E-state index in [1.54, 1.807) is 6.20 Å². The fourth-order valence-electron chi connectivity index (χ4n) is 2.16. The van der Waals surface area contributed by atoms with Crippen LogP contribution in [0.3, 0.4) is 0 Å². The molecular weight excluding hydrogens is 270 g/mol. The normalized spacial score (nSPS) is 12.3. The van der Waals surface area contributed by atoms with Gasteiger partial charge in [-0.3, -0.25) is 0 Å². The van der Waals surface area contributed by atoms with Gasteiger partial charge in [0.2, 0.25) is 0 Å². The molecule has 2 aromatic rings. The van der Waals surface area contributed by atoms with Crippen LogP contribution in [0.15, 0.2) is 42.6 Å². The van der Waals surface area contributed by atoms with Crippen molar-refractivity contribution in [2.45, 2.75) is 25.8 Å². The molecular formula is C16H20ClN3. The van der Waals surface area contributed by atoms with Crippen LogP contribution in [0.5, 0.6) is 0 Å². The van der Waals surface area contributed by atoms with Crippen LogP contribution < -0.4 is 11.1 Å². The first-order valence-corrected chi connectivity index (χ1v) is 7.26. The van der Waals surface area contributed by atoms with Gasteiger partial charge in [0, 0.05) is 17.3 Å². The van der Waals surface area contributed by atoms with Gasteiger partial charge in [0.05, 0.1) is 0 Å². The molecule has 1 atom stereocenters. The number of nitrogen functional groups attached to an aromatic ring is 1. The molecule has 4 heteroatoms. The number of nitrogens with two attached hydrogens (primary N) is 1. The average Bonchev–Trinajstić information content (AvgIpc) is 2.46. The lowest BCUT2D eigenvalue weighted by Gasteiger charge is -2.20. The van der Waals surface area contributed by atoms with Crippen LogP contribution in [0.1, 0.15) is 30.5 Å². The number of nitrogens with one attached hydrogen (secondary N) is 1. The minimum atomic E-state index is 0.221. The van der Waals surface area contributed by atoms with Crippen molar-refractivity contribution in [2.75, 3.05) is 12.3 Å². The summed E-state index contributed by atoms with van der Waals surface area (Å²) in [6.45, 7) is 3.12. The second-order valence-electron chi connectivity index (χ2n) is 4.81. The maximum atomic E-state index is 5.96. The molecule has 1 aromatic heterocycles. The molecule has 20 heavy (non-hydrogen) atoms. The summed E-state index contributed by atoms with van der Waals surface area (Å²) in [5, 5.41) is 4.31. The highest BCUT2D eigenvalue weighted by atomic mass is 35.5. The van der Waals surface area contributed by atoms with E-state index in [2.05, 4.69) is 29.4 Å². The molecule has 1 heterocycles. The Hall–Kier alpha value is -1.58. The number of nitrogens with zero attached hydrogens (tertiary/aromatic N) is 1. The van der Waals surface area contributed by atoms with E-state index in [1.807, 2.05) is 24.3 Å². The summed E-state index contributed by atoms with van der Waals surface area (Å²) in [5.41, 5.74) is 8.22. The Morgan fingerprint density at radius 1 is 1.25 bits per heavy atom. The first-order valence-electron chi connectivity index (χ1n) is 6.89. The molecule has 0 saturated carbocycles. The van der Waals surface area contributed by atoms with E-state index in [-0.39, 0.29) is 6.04 Å². The zero-order valence-electron chi connectivity index (χ0n) is 11.6. The summed E-state index contributed by atoms with van der Waals surface area (Å²) in [5.74, 6) is 0.602. The van der Waals surface area contributed by atoms with Crippen molar-refractivity contribution >= 4 is 17.4 Å². The van der Waals surface area contributed by atoms with Gasteiger partial charge in [0.1, 0.15) is 5.82 Å². The molecule has 0 aliphatic rings. The van der Waals surface area contributed by atoms with Crippen molar-refractivity contribution in [2.24, 2.45) is 0 Å². The number of hydrogen-bond donors (Lipinski definition) is 2. The molecule has 1 unspecified atom stereocenters. The molecule has 0 radical (unpaired) electrons. The molecule has 1 aromatic carbocycles. The first kappa shape index (κ1) is 14.8. The molecule has 3 nitrogen and oxygen atoms in total. The molecule has 0 spiro atoms. The number of aromatic nitrogens is 1. The van der Waals surface area contributed by atoms with E-state index in [1.165, 1.54) is 5.56 Å². The van der Waals surface area contributed by atoms with Crippen LogP contribution in [-0.2, 0) is 6.42 Å². The minimum Gasteiger partial charge on any atom is -0.383 e. The van der Waals surface area contributed by atoms with Crippen molar-refractivity contribution in [3.8, 4) is 0 Å². The summed E-state index contributed by atoms with van der Waals surface area (Å²) < 4.78 is 0. The third-order valence-corrected chi connectivity index (χ3v) is 3.52. The summed E-state index contributed by atoms with van der Waals surface area (Å²) in [4.78, 5) is 4.15. The highest BCUT2D eigenvalue weighted by Gasteiger charge is 2.13. The van der Waals surface area contributed by atoms with E-state index >= 15 is 0 Å². The average molecular weight is 290 g/mol. The van der Waals surface area contributed by atoms with Gasteiger partial charge in [0.15, 0.2) is 0 Å². The van der Waals surface area contributed by atoms with Gasteiger partial charge in [0.25, 0.3) is 0 Å². The Labute approximate surface area is 125 Å². The van der Waals surface area contributed by atoms with Gasteiger partial charge in [-0.05, 0) is 48.7 Å². The topological polar surface area (TPSA) is 50.9 Å².